The van der Waals surface area contributed by atoms with E-state index in [0.29, 0.717) is 0 Å². The summed E-state index contributed by atoms with van der Waals surface area (Å²) in [5, 5.41) is 6.93. The highest BCUT2D eigenvalue weighted by atomic mass is 127. The second-order valence-electron chi connectivity index (χ2n) is 7.52. The van der Waals surface area contributed by atoms with Crippen molar-refractivity contribution >= 4 is 29.9 Å². The van der Waals surface area contributed by atoms with Crippen LogP contribution in [0.25, 0.3) is 0 Å². The minimum Gasteiger partial charge on any atom is -0.379 e. The number of ether oxygens (including phenoxy) is 1. The molecule has 0 spiro atoms. The summed E-state index contributed by atoms with van der Waals surface area (Å²) in [6.45, 7) is 14.0. The van der Waals surface area contributed by atoms with Crippen LogP contribution in [0.5, 0.6) is 0 Å². The van der Waals surface area contributed by atoms with Gasteiger partial charge in [0.15, 0.2) is 5.96 Å². The number of nitrogens with zero attached hydrogens (tertiary/aromatic N) is 3. The van der Waals surface area contributed by atoms with Crippen LogP contribution in [-0.2, 0) is 4.74 Å². The Kier molecular flexibility index (Phi) is 11.3. The number of hydrogen-bond donors (Lipinski definition) is 2. The standard InChI is InChI=1S/C18H37N5O.HI/c1-18(2,23-12-14-24-15-13-23)16-21-17(19-3)20-8-4-5-9-22-10-6-7-11-22;/h4-16H2,1-3H3,(H2,19,20,21);1H. The smallest absolute Gasteiger partial charge is 0.191 e. The van der Waals surface area contributed by atoms with Gasteiger partial charge in [-0.2, -0.15) is 0 Å². The van der Waals surface area contributed by atoms with Crippen LogP contribution in [0, 0.1) is 0 Å². The first-order valence-electron chi connectivity index (χ1n) is 9.61. The number of unbranched alkanes of at least 4 members (excludes halogenated alkanes) is 1. The van der Waals surface area contributed by atoms with Gasteiger partial charge in [0.05, 0.1) is 13.2 Å². The molecule has 0 aliphatic carbocycles. The van der Waals surface area contributed by atoms with Gasteiger partial charge in [0.1, 0.15) is 0 Å². The molecule has 0 radical (unpaired) electrons. The Morgan fingerprint density at radius 1 is 1.04 bits per heavy atom. The molecule has 2 saturated heterocycles. The van der Waals surface area contributed by atoms with Gasteiger partial charge in [0.25, 0.3) is 0 Å². The average molecular weight is 467 g/mol. The molecule has 0 atom stereocenters. The Hall–Kier alpha value is -0.120. The third kappa shape index (κ3) is 8.41. The van der Waals surface area contributed by atoms with Crippen LogP contribution in [0.3, 0.4) is 0 Å². The molecule has 6 nitrogen and oxygen atoms in total. The molecular formula is C18H38IN5O. The summed E-state index contributed by atoms with van der Waals surface area (Å²) in [5.74, 6) is 0.914. The fourth-order valence-electron chi connectivity index (χ4n) is 3.47. The molecule has 0 aromatic heterocycles. The number of morpholine rings is 1. The van der Waals surface area contributed by atoms with Gasteiger partial charge in [-0.3, -0.25) is 9.89 Å². The SMILES string of the molecule is CN=C(NCCCCN1CCCC1)NCC(C)(C)N1CCOCC1.I. The number of guanidine groups is 1. The van der Waals surface area contributed by atoms with Crippen LogP contribution in [0.15, 0.2) is 4.99 Å². The fourth-order valence-corrected chi connectivity index (χ4v) is 3.47. The summed E-state index contributed by atoms with van der Waals surface area (Å²) in [6, 6.07) is 0. The zero-order valence-corrected chi connectivity index (χ0v) is 18.7. The van der Waals surface area contributed by atoms with E-state index in [1.165, 1.54) is 45.3 Å². The van der Waals surface area contributed by atoms with Crippen molar-refractivity contribution in [1.29, 1.82) is 0 Å². The number of nitrogens with one attached hydrogen (secondary N) is 2. The lowest BCUT2D eigenvalue weighted by molar-refractivity contribution is -0.00833. The second-order valence-corrected chi connectivity index (χ2v) is 7.52. The lowest BCUT2D eigenvalue weighted by Gasteiger charge is -2.41. The van der Waals surface area contributed by atoms with E-state index in [0.717, 1.165) is 45.4 Å². The number of rotatable bonds is 8. The first-order chi connectivity index (χ1) is 11.6. The largest absolute Gasteiger partial charge is 0.379 e. The van der Waals surface area contributed by atoms with E-state index in [4.69, 9.17) is 4.74 Å². The topological polar surface area (TPSA) is 52.1 Å². The summed E-state index contributed by atoms with van der Waals surface area (Å²) in [4.78, 5) is 9.43. The van der Waals surface area contributed by atoms with E-state index in [9.17, 15) is 0 Å². The van der Waals surface area contributed by atoms with Crippen molar-refractivity contribution in [2.75, 3.05) is 66.1 Å². The van der Waals surface area contributed by atoms with Gasteiger partial charge < -0.3 is 20.3 Å². The molecule has 2 fully saturated rings. The Bertz CT molecular complexity index is 380. The predicted octanol–water partition coefficient (Wildman–Crippen LogP) is 1.76. The van der Waals surface area contributed by atoms with Crippen molar-refractivity contribution in [1.82, 2.24) is 20.4 Å². The first-order valence-corrected chi connectivity index (χ1v) is 9.61. The Labute approximate surface area is 171 Å². The Balaban J connectivity index is 0.00000312. The maximum absolute atomic E-state index is 5.45. The van der Waals surface area contributed by atoms with Gasteiger partial charge in [0, 0.05) is 38.8 Å². The maximum Gasteiger partial charge on any atom is 0.191 e. The van der Waals surface area contributed by atoms with Gasteiger partial charge in [-0.05, 0) is 59.2 Å². The van der Waals surface area contributed by atoms with Crippen molar-refractivity contribution in [3.63, 3.8) is 0 Å². The van der Waals surface area contributed by atoms with E-state index in [2.05, 4.69) is 39.3 Å². The van der Waals surface area contributed by atoms with Crippen molar-refractivity contribution < 1.29 is 4.74 Å². The van der Waals surface area contributed by atoms with Crippen LogP contribution in [0.2, 0.25) is 0 Å². The molecule has 0 bridgehead atoms. The summed E-state index contributed by atoms with van der Waals surface area (Å²) in [5.41, 5.74) is 0.108. The third-order valence-electron chi connectivity index (χ3n) is 5.17. The minimum atomic E-state index is 0. The number of aliphatic imine (C=N–C) groups is 1. The van der Waals surface area contributed by atoms with Crippen molar-refractivity contribution in [3.8, 4) is 0 Å². The Morgan fingerprint density at radius 2 is 1.72 bits per heavy atom. The Morgan fingerprint density at radius 3 is 2.36 bits per heavy atom. The molecule has 25 heavy (non-hydrogen) atoms. The quantitative estimate of drug-likeness (QED) is 0.247. The van der Waals surface area contributed by atoms with Crippen LogP contribution < -0.4 is 10.6 Å². The van der Waals surface area contributed by atoms with Crippen LogP contribution >= 0.6 is 24.0 Å². The molecule has 2 N–H and O–H groups in total. The van der Waals surface area contributed by atoms with Gasteiger partial charge in [-0.1, -0.05) is 0 Å². The van der Waals surface area contributed by atoms with Gasteiger partial charge in [0.2, 0.25) is 0 Å². The predicted molar refractivity (Wildman–Crippen MR) is 116 cm³/mol. The fraction of sp³-hybridized carbons (Fsp3) is 0.944. The van der Waals surface area contributed by atoms with Crippen molar-refractivity contribution in [3.05, 3.63) is 0 Å². The van der Waals surface area contributed by atoms with E-state index in [1.54, 1.807) is 0 Å². The summed E-state index contributed by atoms with van der Waals surface area (Å²) in [6.07, 6.45) is 5.23. The molecule has 0 saturated carbocycles. The van der Waals surface area contributed by atoms with Crippen molar-refractivity contribution in [2.24, 2.45) is 4.99 Å². The lowest BCUT2D eigenvalue weighted by Crippen LogP contribution is -2.56. The number of likely N-dealkylation sites (tertiary alicyclic amines) is 1. The highest BCUT2D eigenvalue weighted by molar-refractivity contribution is 14.0. The molecule has 7 heteroatoms. The van der Waals surface area contributed by atoms with Crippen LogP contribution in [0.1, 0.15) is 39.5 Å². The maximum atomic E-state index is 5.45. The molecule has 0 amide bonds. The third-order valence-corrected chi connectivity index (χ3v) is 5.17. The summed E-state index contributed by atoms with van der Waals surface area (Å²) < 4.78 is 5.45. The second kappa shape index (κ2) is 12.3. The average Bonchev–Trinajstić information content (AvgIpc) is 3.11. The molecule has 2 aliphatic rings. The van der Waals surface area contributed by atoms with E-state index in [1.807, 2.05) is 7.05 Å². The summed E-state index contributed by atoms with van der Waals surface area (Å²) >= 11 is 0. The number of hydrogen-bond acceptors (Lipinski definition) is 4. The van der Waals surface area contributed by atoms with E-state index >= 15 is 0 Å². The summed E-state index contributed by atoms with van der Waals surface area (Å²) in [7, 11) is 1.85. The van der Waals surface area contributed by atoms with Gasteiger partial charge >= 0.3 is 0 Å². The highest BCUT2D eigenvalue weighted by Gasteiger charge is 2.28. The minimum absolute atomic E-state index is 0. The lowest BCUT2D eigenvalue weighted by atomic mass is 10.0. The zero-order chi connectivity index (χ0) is 17.3. The molecule has 2 aliphatic heterocycles. The first kappa shape index (κ1) is 22.9. The molecule has 0 aromatic carbocycles. The monoisotopic (exact) mass is 467 g/mol. The van der Waals surface area contributed by atoms with E-state index < -0.39 is 0 Å². The molecule has 2 rings (SSSR count). The normalized spacial score (nSPS) is 20.4. The van der Waals surface area contributed by atoms with Gasteiger partial charge in [-0.25, -0.2) is 0 Å². The highest BCUT2D eigenvalue weighted by Crippen LogP contribution is 2.15. The molecule has 2 heterocycles. The molecule has 0 aromatic rings. The zero-order valence-electron chi connectivity index (χ0n) is 16.4. The molecule has 0 unspecified atom stereocenters. The molecular weight excluding hydrogens is 429 g/mol. The van der Waals surface area contributed by atoms with Crippen molar-refractivity contribution in [2.45, 2.75) is 45.1 Å². The molecule has 148 valence electrons. The van der Waals surface area contributed by atoms with Gasteiger partial charge in [-0.15, -0.1) is 24.0 Å². The number of halogens is 1. The van der Waals surface area contributed by atoms with E-state index in [-0.39, 0.29) is 29.5 Å². The van der Waals surface area contributed by atoms with Crippen LogP contribution in [-0.4, -0.2) is 87.4 Å². The van der Waals surface area contributed by atoms with Crippen LogP contribution in [0.4, 0.5) is 0 Å².